The van der Waals surface area contributed by atoms with Gasteiger partial charge in [0, 0.05) is 49.5 Å². The average Bonchev–Trinajstić information content (AvgIpc) is 3.02. The Labute approximate surface area is 160 Å². The molecular formula is C22H25N5. The van der Waals surface area contributed by atoms with E-state index in [1.165, 1.54) is 16.8 Å². The van der Waals surface area contributed by atoms with Crippen LogP contribution in [0.15, 0.2) is 54.9 Å². The van der Waals surface area contributed by atoms with Gasteiger partial charge in [-0.15, -0.1) is 0 Å². The molecule has 0 N–H and O–H groups in total. The van der Waals surface area contributed by atoms with Crippen LogP contribution < -0.4 is 9.80 Å². The van der Waals surface area contributed by atoms with E-state index in [1.807, 2.05) is 19.3 Å². The van der Waals surface area contributed by atoms with Gasteiger partial charge in [-0.1, -0.05) is 18.2 Å². The summed E-state index contributed by atoms with van der Waals surface area (Å²) in [6.07, 6.45) is 5.67. The zero-order valence-electron chi connectivity index (χ0n) is 16.1. The van der Waals surface area contributed by atoms with E-state index in [9.17, 15) is 0 Å². The number of pyridine rings is 1. The smallest absolute Gasteiger partial charge is 0.232 e. The summed E-state index contributed by atoms with van der Waals surface area (Å²) >= 11 is 0. The second-order valence-electron chi connectivity index (χ2n) is 7.25. The molecule has 0 fully saturated rings. The first-order valence-electron chi connectivity index (χ1n) is 9.44. The van der Waals surface area contributed by atoms with Gasteiger partial charge in [0.15, 0.2) is 0 Å². The molecule has 3 aromatic rings. The molecule has 5 nitrogen and oxygen atoms in total. The van der Waals surface area contributed by atoms with Gasteiger partial charge in [0.25, 0.3) is 0 Å². The quantitative estimate of drug-likeness (QED) is 0.690. The maximum Gasteiger partial charge on any atom is 0.232 e. The van der Waals surface area contributed by atoms with Gasteiger partial charge in [0.05, 0.1) is 0 Å². The third-order valence-electron chi connectivity index (χ3n) is 5.13. The normalized spacial score (nSPS) is 15.7. The fourth-order valence-corrected chi connectivity index (χ4v) is 3.67. The van der Waals surface area contributed by atoms with Crippen molar-refractivity contribution in [3.63, 3.8) is 0 Å². The topological polar surface area (TPSA) is 45.2 Å². The van der Waals surface area contributed by atoms with Gasteiger partial charge in [-0.25, -0.2) is 4.98 Å². The fourth-order valence-electron chi connectivity index (χ4n) is 3.67. The number of para-hydroxylation sites is 1. The number of benzene rings is 1. The maximum absolute atomic E-state index is 4.91. The van der Waals surface area contributed by atoms with Crippen LogP contribution in [0.25, 0.3) is 0 Å². The molecule has 1 aromatic carbocycles. The lowest BCUT2D eigenvalue weighted by atomic mass is 10.1. The predicted octanol–water partition coefficient (Wildman–Crippen LogP) is 3.94. The standard InChI is InChI=1S/C22H25N5/c1-16-14-21(26(3)13-10-18-8-11-23-12-9-18)25-22(24-16)27-17(2)15-19-6-4-5-7-20(19)27/h4-9,11-12,14,17H,10,13,15H2,1-3H3. The van der Waals surface area contributed by atoms with Crippen molar-refractivity contribution in [1.82, 2.24) is 15.0 Å². The predicted molar refractivity (Wildman–Crippen MR) is 110 cm³/mol. The lowest BCUT2D eigenvalue weighted by Gasteiger charge is -2.25. The van der Waals surface area contributed by atoms with Crippen molar-refractivity contribution in [1.29, 1.82) is 0 Å². The lowest BCUT2D eigenvalue weighted by Crippen LogP contribution is -2.28. The van der Waals surface area contributed by atoms with Crippen LogP contribution in [0.5, 0.6) is 0 Å². The van der Waals surface area contributed by atoms with Crippen molar-refractivity contribution < 1.29 is 0 Å². The molecule has 0 saturated carbocycles. The Morgan fingerprint density at radius 1 is 1.11 bits per heavy atom. The van der Waals surface area contributed by atoms with Crippen LogP contribution in [-0.2, 0) is 12.8 Å². The second-order valence-corrected chi connectivity index (χ2v) is 7.25. The van der Waals surface area contributed by atoms with Crippen LogP contribution in [0.2, 0.25) is 0 Å². The van der Waals surface area contributed by atoms with E-state index in [2.05, 4.69) is 71.2 Å². The number of aryl methyl sites for hydroxylation is 1. The molecule has 1 aliphatic rings. The third-order valence-corrected chi connectivity index (χ3v) is 5.13. The fraction of sp³-hybridized carbons (Fsp3) is 0.318. The number of fused-ring (bicyclic) bond motifs is 1. The van der Waals surface area contributed by atoms with Crippen LogP contribution in [-0.4, -0.2) is 34.6 Å². The Bertz CT molecular complexity index is 925. The van der Waals surface area contributed by atoms with E-state index in [4.69, 9.17) is 9.97 Å². The van der Waals surface area contributed by atoms with Gasteiger partial charge >= 0.3 is 0 Å². The summed E-state index contributed by atoms with van der Waals surface area (Å²) in [5.74, 6) is 1.75. The highest BCUT2D eigenvalue weighted by Crippen LogP contribution is 2.36. The number of nitrogens with zero attached hydrogens (tertiary/aromatic N) is 5. The first-order chi connectivity index (χ1) is 13.1. The number of hydrogen-bond acceptors (Lipinski definition) is 5. The minimum absolute atomic E-state index is 0.360. The first kappa shape index (κ1) is 17.5. The van der Waals surface area contributed by atoms with Crippen LogP contribution in [0, 0.1) is 6.92 Å². The van der Waals surface area contributed by atoms with Gasteiger partial charge in [-0.05, 0) is 56.0 Å². The molecule has 0 saturated heterocycles. The molecule has 0 bridgehead atoms. The van der Waals surface area contributed by atoms with Crippen molar-refractivity contribution in [2.45, 2.75) is 32.7 Å². The molecule has 138 valence electrons. The number of anilines is 3. The summed E-state index contributed by atoms with van der Waals surface area (Å²) in [6.45, 7) is 5.17. The molecule has 3 heterocycles. The Balaban J connectivity index is 1.58. The molecular weight excluding hydrogens is 334 g/mol. The van der Waals surface area contributed by atoms with Crippen molar-refractivity contribution in [2.24, 2.45) is 0 Å². The van der Waals surface area contributed by atoms with Gasteiger partial charge in [0.1, 0.15) is 5.82 Å². The molecule has 5 heteroatoms. The van der Waals surface area contributed by atoms with E-state index in [1.54, 1.807) is 0 Å². The molecule has 1 unspecified atom stereocenters. The molecule has 0 aliphatic carbocycles. The number of rotatable bonds is 5. The van der Waals surface area contributed by atoms with Crippen molar-refractivity contribution >= 4 is 17.5 Å². The van der Waals surface area contributed by atoms with Crippen LogP contribution in [0.4, 0.5) is 17.5 Å². The van der Waals surface area contributed by atoms with Gasteiger partial charge in [-0.3, -0.25) is 4.98 Å². The summed E-state index contributed by atoms with van der Waals surface area (Å²) in [5, 5.41) is 0. The minimum Gasteiger partial charge on any atom is -0.359 e. The molecule has 0 amide bonds. The largest absolute Gasteiger partial charge is 0.359 e. The van der Waals surface area contributed by atoms with Crippen molar-refractivity contribution in [3.8, 4) is 0 Å². The average molecular weight is 359 g/mol. The summed E-state index contributed by atoms with van der Waals surface area (Å²) < 4.78 is 0. The van der Waals surface area contributed by atoms with Crippen molar-refractivity contribution in [3.05, 3.63) is 71.7 Å². The van der Waals surface area contributed by atoms with Gasteiger partial charge in [0.2, 0.25) is 5.95 Å². The van der Waals surface area contributed by atoms with Gasteiger partial charge < -0.3 is 9.80 Å². The van der Waals surface area contributed by atoms with E-state index < -0.39 is 0 Å². The number of likely N-dealkylation sites (N-methyl/N-ethyl adjacent to an activating group) is 1. The van der Waals surface area contributed by atoms with Crippen LogP contribution in [0.3, 0.4) is 0 Å². The molecule has 2 aromatic heterocycles. The molecule has 1 aliphatic heterocycles. The van der Waals surface area contributed by atoms with Gasteiger partial charge in [-0.2, -0.15) is 4.98 Å². The zero-order valence-corrected chi connectivity index (χ0v) is 16.1. The molecule has 27 heavy (non-hydrogen) atoms. The zero-order chi connectivity index (χ0) is 18.8. The summed E-state index contributed by atoms with van der Waals surface area (Å²) in [4.78, 5) is 18.2. The highest BCUT2D eigenvalue weighted by Gasteiger charge is 2.29. The van der Waals surface area contributed by atoms with E-state index >= 15 is 0 Å². The van der Waals surface area contributed by atoms with E-state index in [-0.39, 0.29) is 0 Å². The number of hydrogen-bond donors (Lipinski definition) is 0. The monoisotopic (exact) mass is 359 g/mol. The van der Waals surface area contributed by atoms with Crippen LogP contribution >= 0.6 is 0 Å². The summed E-state index contributed by atoms with van der Waals surface area (Å²) in [6, 6.07) is 15.1. The summed E-state index contributed by atoms with van der Waals surface area (Å²) in [7, 11) is 2.09. The molecule has 1 atom stereocenters. The highest BCUT2D eigenvalue weighted by molar-refractivity contribution is 5.67. The Hall–Kier alpha value is -2.95. The maximum atomic E-state index is 4.91. The molecule has 0 radical (unpaired) electrons. The molecule has 0 spiro atoms. The van der Waals surface area contributed by atoms with E-state index in [0.717, 1.165) is 36.8 Å². The molecule has 4 rings (SSSR count). The number of aromatic nitrogens is 3. The Morgan fingerprint density at radius 3 is 2.70 bits per heavy atom. The second kappa shape index (κ2) is 7.35. The Kier molecular flexibility index (Phi) is 4.75. The highest BCUT2D eigenvalue weighted by atomic mass is 15.3. The third kappa shape index (κ3) is 3.63. The van der Waals surface area contributed by atoms with E-state index in [0.29, 0.717) is 6.04 Å². The minimum atomic E-state index is 0.360. The summed E-state index contributed by atoms with van der Waals surface area (Å²) in [5.41, 5.74) is 4.86. The van der Waals surface area contributed by atoms with Crippen molar-refractivity contribution in [2.75, 3.05) is 23.4 Å². The van der Waals surface area contributed by atoms with Crippen LogP contribution in [0.1, 0.15) is 23.7 Å². The first-order valence-corrected chi connectivity index (χ1v) is 9.44. The lowest BCUT2D eigenvalue weighted by molar-refractivity contribution is 0.735. The Morgan fingerprint density at radius 2 is 1.89 bits per heavy atom. The SMILES string of the molecule is Cc1cc(N(C)CCc2ccncc2)nc(N2c3ccccc3CC2C)n1.